The fourth-order valence-electron chi connectivity index (χ4n) is 3.33. The first kappa shape index (κ1) is 17.8. The number of nitrogens with zero attached hydrogens (tertiary/aromatic N) is 3. The van der Waals surface area contributed by atoms with Crippen molar-refractivity contribution in [1.29, 1.82) is 0 Å². The van der Waals surface area contributed by atoms with Crippen LogP contribution in [0.5, 0.6) is 0 Å². The molecule has 0 amide bonds. The molecule has 0 bridgehead atoms. The van der Waals surface area contributed by atoms with Gasteiger partial charge in [0.1, 0.15) is 11.5 Å². The van der Waals surface area contributed by atoms with Gasteiger partial charge in [0.05, 0.1) is 5.56 Å². The summed E-state index contributed by atoms with van der Waals surface area (Å²) in [6.07, 6.45) is -4.34. The molecule has 2 aromatic carbocycles. The molecule has 142 valence electrons. The number of aromatic nitrogens is 1. The molecule has 3 aromatic rings. The highest BCUT2D eigenvalue weighted by molar-refractivity contribution is 5.79. The van der Waals surface area contributed by atoms with Crippen LogP contribution in [-0.2, 0) is 12.7 Å². The van der Waals surface area contributed by atoms with E-state index in [1.165, 1.54) is 24.3 Å². The van der Waals surface area contributed by atoms with Crippen molar-refractivity contribution in [3.05, 3.63) is 59.5 Å². The Bertz CT molecular complexity index is 946. The molecule has 1 aliphatic rings. The number of piperazine rings is 1. The predicted molar refractivity (Wildman–Crippen MR) is 92.9 cm³/mol. The molecule has 0 spiro atoms. The summed E-state index contributed by atoms with van der Waals surface area (Å²) in [6, 6.07) is 9.73. The van der Waals surface area contributed by atoms with Crippen LogP contribution in [0.25, 0.3) is 11.0 Å². The lowest BCUT2D eigenvalue weighted by molar-refractivity contribution is -0.137. The van der Waals surface area contributed by atoms with Crippen molar-refractivity contribution < 1.29 is 22.1 Å². The summed E-state index contributed by atoms with van der Waals surface area (Å²) in [4.78, 5) is 4.10. The van der Waals surface area contributed by atoms with E-state index < -0.39 is 11.7 Å². The minimum absolute atomic E-state index is 0.375. The Morgan fingerprint density at radius 2 is 1.78 bits per heavy atom. The van der Waals surface area contributed by atoms with E-state index in [0.717, 1.165) is 17.1 Å². The van der Waals surface area contributed by atoms with Gasteiger partial charge < -0.3 is 9.42 Å². The van der Waals surface area contributed by atoms with E-state index in [1.807, 2.05) is 4.90 Å². The van der Waals surface area contributed by atoms with Crippen LogP contribution < -0.4 is 4.90 Å². The molecule has 1 saturated heterocycles. The van der Waals surface area contributed by atoms with E-state index in [1.54, 1.807) is 12.1 Å². The molecular weight excluding hydrogens is 362 g/mol. The number of halogens is 4. The molecule has 4 rings (SSSR count). The molecule has 2 heterocycles. The zero-order chi connectivity index (χ0) is 19.0. The molecule has 1 aromatic heterocycles. The van der Waals surface area contributed by atoms with Gasteiger partial charge in [-0.2, -0.15) is 13.2 Å². The Kier molecular flexibility index (Phi) is 4.51. The van der Waals surface area contributed by atoms with Gasteiger partial charge in [-0.3, -0.25) is 4.90 Å². The Labute approximate surface area is 153 Å². The van der Waals surface area contributed by atoms with Crippen molar-refractivity contribution >= 4 is 16.7 Å². The maximum Gasteiger partial charge on any atom is 0.416 e. The van der Waals surface area contributed by atoms with Gasteiger partial charge in [-0.1, -0.05) is 11.2 Å². The highest BCUT2D eigenvalue weighted by Crippen LogP contribution is 2.32. The maximum atomic E-state index is 13.2. The fraction of sp³-hybridized carbons (Fsp3) is 0.316. The fourth-order valence-corrected chi connectivity index (χ4v) is 3.33. The molecular formula is C19H17F4N3O. The van der Waals surface area contributed by atoms with Crippen LogP contribution in [0.3, 0.4) is 0 Å². The van der Waals surface area contributed by atoms with E-state index >= 15 is 0 Å². The second-order valence-corrected chi connectivity index (χ2v) is 6.58. The van der Waals surface area contributed by atoms with Gasteiger partial charge in [0, 0.05) is 49.9 Å². The molecule has 0 saturated carbocycles. The van der Waals surface area contributed by atoms with Gasteiger partial charge >= 0.3 is 6.18 Å². The summed E-state index contributed by atoms with van der Waals surface area (Å²) in [5.41, 5.74) is 1.08. The third-order valence-corrected chi connectivity index (χ3v) is 4.79. The number of hydrogen-bond donors (Lipinski definition) is 0. The summed E-state index contributed by atoms with van der Waals surface area (Å²) in [6.45, 7) is 3.16. The summed E-state index contributed by atoms with van der Waals surface area (Å²) < 4.78 is 57.1. The lowest BCUT2D eigenvalue weighted by atomic mass is 10.1. The van der Waals surface area contributed by atoms with Crippen molar-refractivity contribution in [1.82, 2.24) is 10.1 Å². The highest BCUT2D eigenvalue weighted by Gasteiger charge is 2.31. The minimum Gasteiger partial charge on any atom is -0.369 e. The normalized spacial score (nSPS) is 16.2. The lowest BCUT2D eigenvalue weighted by Crippen LogP contribution is -2.46. The first-order chi connectivity index (χ1) is 12.9. The topological polar surface area (TPSA) is 32.5 Å². The second-order valence-electron chi connectivity index (χ2n) is 6.58. The first-order valence-electron chi connectivity index (χ1n) is 8.58. The highest BCUT2D eigenvalue weighted by atomic mass is 19.4. The predicted octanol–water partition coefficient (Wildman–Crippen LogP) is 4.31. The molecule has 1 fully saturated rings. The third kappa shape index (κ3) is 3.75. The van der Waals surface area contributed by atoms with Gasteiger partial charge in [0.2, 0.25) is 0 Å². The average Bonchev–Trinajstić information content (AvgIpc) is 3.03. The van der Waals surface area contributed by atoms with Crippen molar-refractivity contribution in [3.8, 4) is 0 Å². The molecule has 0 N–H and O–H groups in total. The van der Waals surface area contributed by atoms with Gasteiger partial charge in [-0.15, -0.1) is 0 Å². The Morgan fingerprint density at radius 3 is 2.52 bits per heavy atom. The monoisotopic (exact) mass is 379 g/mol. The Morgan fingerprint density at radius 1 is 1.00 bits per heavy atom. The van der Waals surface area contributed by atoms with Crippen molar-refractivity contribution in [2.45, 2.75) is 12.7 Å². The number of hydrogen-bond acceptors (Lipinski definition) is 4. The van der Waals surface area contributed by atoms with Crippen LogP contribution in [0.2, 0.25) is 0 Å². The Hall–Kier alpha value is -2.61. The van der Waals surface area contributed by atoms with Crippen LogP contribution in [0.1, 0.15) is 11.3 Å². The molecule has 27 heavy (non-hydrogen) atoms. The molecule has 0 radical (unpaired) electrons. The molecule has 8 heteroatoms. The first-order valence-corrected chi connectivity index (χ1v) is 8.58. The molecule has 4 nitrogen and oxygen atoms in total. The lowest BCUT2D eigenvalue weighted by Gasteiger charge is -2.36. The summed E-state index contributed by atoms with van der Waals surface area (Å²) >= 11 is 0. The van der Waals surface area contributed by atoms with Gasteiger partial charge in [-0.25, -0.2) is 4.39 Å². The van der Waals surface area contributed by atoms with Crippen LogP contribution in [-0.4, -0.2) is 36.2 Å². The van der Waals surface area contributed by atoms with E-state index in [2.05, 4.69) is 10.1 Å². The number of anilines is 1. The largest absolute Gasteiger partial charge is 0.416 e. The number of fused-ring (bicyclic) bond motifs is 1. The summed E-state index contributed by atoms with van der Waals surface area (Å²) in [5.74, 6) is -0.375. The number of alkyl halides is 3. The Balaban J connectivity index is 1.42. The van der Waals surface area contributed by atoms with Crippen LogP contribution in [0, 0.1) is 5.82 Å². The molecule has 1 aliphatic heterocycles. The van der Waals surface area contributed by atoms with Crippen molar-refractivity contribution in [3.63, 3.8) is 0 Å². The van der Waals surface area contributed by atoms with E-state index in [9.17, 15) is 17.6 Å². The van der Waals surface area contributed by atoms with E-state index in [-0.39, 0.29) is 5.82 Å². The van der Waals surface area contributed by atoms with Crippen LogP contribution in [0.4, 0.5) is 23.2 Å². The minimum atomic E-state index is -4.34. The summed E-state index contributed by atoms with van der Waals surface area (Å²) in [5, 5.41) is 4.80. The molecule has 0 unspecified atom stereocenters. The SMILES string of the molecule is Fc1ccc2c(CN3CCN(c4cccc(C(F)(F)F)c4)CC3)noc2c1. The van der Waals surface area contributed by atoms with E-state index in [0.29, 0.717) is 44.0 Å². The zero-order valence-corrected chi connectivity index (χ0v) is 14.3. The molecule has 0 aliphatic carbocycles. The van der Waals surface area contributed by atoms with Crippen LogP contribution >= 0.6 is 0 Å². The van der Waals surface area contributed by atoms with Crippen molar-refractivity contribution in [2.24, 2.45) is 0 Å². The molecule has 0 atom stereocenters. The maximum absolute atomic E-state index is 13.2. The van der Waals surface area contributed by atoms with Crippen LogP contribution in [0.15, 0.2) is 47.0 Å². The van der Waals surface area contributed by atoms with Crippen molar-refractivity contribution in [2.75, 3.05) is 31.1 Å². The van der Waals surface area contributed by atoms with Gasteiger partial charge in [0.25, 0.3) is 0 Å². The quantitative estimate of drug-likeness (QED) is 0.635. The number of rotatable bonds is 3. The average molecular weight is 379 g/mol. The smallest absolute Gasteiger partial charge is 0.369 e. The standard InChI is InChI=1S/C19H17F4N3O/c20-14-4-5-16-17(24-27-18(16)11-14)12-25-6-8-26(9-7-25)15-3-1-2-13(10-15)19(21,22)23/h1-5,10-11H,6-9,12H2. The summed E-state index contributed by atoms with van der Waals surface area (Å²) in [7, 11) is 0. The van der Waals surface area contributed by atoms with E-state index in [4.69, 9.17) is 4.52 Å². The second kappa shape index (κ2) is 6.84. The number of benzene rings is 2. The zero-order valence-electron chi connectivity index (χ0n) is 14.3. The van der Waals surface area contributed by atoms with Gasteiger partial charge in [-0.05, 0) is 30.3 Å². The van der Waals surface area contributed by atoms with Gasteiger partial charge in [0.15, 0.2) is 5.58 Å². The third-order valence-electron chi connectivity index (χ3n) is 4.79.